The summed E-state index contributed by atoms with van der Waals surface area (Å²) in [4.78, 5) is 40.1. The van der Waals surface area contributed by atoms with Crippen LogP contribution in [0.15, 0.2) is 24.3 Å². The smallest absolute Gasteiger partial charge is 0.357 e. The van der Waals surface area contributed by atoms with E-state index in [9.17, 15) is 24.6 Å². The lowest BCUT2D eigenvalue weighted by Crippen LogP contribution is -2.52. The van der Waals surface area contributed by atoms with Crippen LogP contribution in [0.25, 0.3) is 10.9 Å². The Morgan fingerprint density at radius 2 is 1.94 bits per heavy atom. The summed E-state index contributed by atoms with van der Waals surface area (Å²) in [6, 6.07) is 6.18. The highest BCUT2D eigenvalue weighted by Gasteiger charge is 2.67. The summed E-state index contributed by atoms with van der Waals surface area (Å²) in [7, 11) is 0. The minimum atomic E-state index is -1.15. The average molecular weight is 469 g/mol. The van der Waals surface area contributed by atoms with E-state index in [2.05, 4.69) is 24.3 Å². The predicted molar refractivity (Wildman–Crippen MR) is 124 cm³/mol. The predicted octanol–water partition coefficient (Wildman–Crippen LogP) is 2.17. The lowest BCUT2D eigenvalue weighted by atomic mass is 9.75. The lowest BCUT2D eigenvalue weighted by Gasteiger charge is -2.37. The quantitative estimate of drug-likeness (QED) is 0.597. The van der Waals surface area contributed by atoms with Gasteiger partial charge in [0.05, 0.1) is 12.1 Å². The summed E-state index contributed by atoms with van der Waals surface area (Å²) >= 11 is 0. The number of aromatic carboxylic acids is 1. The van der Waals surface area contributed by atoms with Gasteiger partial charge in [0.1, 0.15) is 12.6 Å². The number of carboxylic acid groups (broad SMARTS) is 1. The van der Waals surface area contributed by atoms with Crippen LogP contribution in [0.3, 0.4) is 0 Å². The highest BCUT2D eigenvalue weighted by molar-refractivity contribution is 6.01. The molecule has 0 spiro atoms. The Labute approximate surface area is 198 Å². The molecule has 2 amide bonds. The maximum atomic E-state index is 13.5. The molecular formula is C25H32N4O5. The van der Waals surface area contributed by atoms with Gasteiger partial charge in [-0.15, -0.1) is 0 Å². The largest absolute Gasteiger partial charge is 0.476 e. The first kappa shape index (κ1) is 22.8. The first-order valence-electron chi connectivity index (χ1n) is 12.1. The van der Waals surface area contributed by atoms with Crippen LogP contribution in [-0.2, 0) is 16.1 Å². The van der Waals surface area contributed by atoms with Crippen molar-refractivity contribution in [1.29, 1.82) is 0 Å². The van der Waals surface area contributed by atoms with Crippen LogP contribution in [0.1, 0.15) is 62.9 Å². The second-order valence-electron chi connectivity index (χ2n) is 11.1. The molecule has 2 aromatic rings. The molecule has 2 heterocycles. The Balaban J connectivity index is 1.37. The second-order valence-corrected chi connectivity index (χ2v) is 11.1. The molecular weight excluding hydrogens is 436 g/mol. The molecule has 2 aliphatic carbocycles. The molecule has 9 nitrogen and oxygen atoms in total. The van der Waals surface area contributed by atoms with Gasteiger partial charge >= 0.3 is 5.97 Å². The van der Waals surface area contributed by atoms with Gasteiger partial charge in [-0.3, -0.25) is 14.3 Å². The normalized spacial score (nSPS) is 29.6. The first-order valence-corrected chi connectivity index (χ1v) is 12.1. The molecule has 2 saturated carbocycles. The third-order valence-corrected chi connectivity index (χ3v) is 8.02. The van der Waals surface area contributed by atoms with Crippen molar-refractivity contribution in [2.24, 2.45) is 10.8 Å². The van der Waals surface area contributed by atoms with Gasteiger partial charge in [-0.2, -0.15) is 5.10 Å². The molecule has 34 heavy (non-hydrogen) atoms. The van der Waals surface area contributed by atoms with Crippen LogP contribution in [0, 0.1) is 10.8 Å². The molecule has 3 N–H and O–H groups in total. The average Bonchev–Trinajstić information content (AvgIpc) is 3.21. The van der Waals surface area contributed by atoms with Crippen molar-refractivity contribution in [3.05, 3.63) is 30.0 Å². The number of benzene rings is 1. The maximum Gasteiger partial charge on any atom is 0.357 e. The highest BCUT2D eigenvalue weighted by Crippen LogP contribution is 2.59. The number of aliphatic hydroxyl groups excluding tert-OH is 1. The zero-order valence-corrected chi connectivity index (χ0v) is 19.7. The van der Waals surface area contributed by atoms with E-state index in [0.717, 1.165) is 25.7 Å². The van der Waals surface area contributed by atoms with Crippen LogP contribution in [0.4, 0.5) is 0 Å². The number of carbonyl (C=O) groups excluding carboxylic acids is 2. The van der Waals surface area contributed by atoms with Crippen LogP contribution in [0.2, 0.25) is 0 Å². The Morgan fingerprint density at radius 1 is 1.18 bits per heavy atom. The molecule has 1 unspecified atom stereocenters. The number of carbonyl (C=O) groups is 3. The fourth-order valence-corrected chi connectivity index (χ4v) is 6.18. The van der Waals surface area contributed by atoms with E-state index in [1.165, 1.54) is 4.68 Å². The number of carboxylic acids is 1. The molecule has 1 aromatic heterocycles. The number of piperidine rings is 1. The number of hydrogen-bond donors (Lipinski definition) is 3. The number of nitrogens with zero attached hydrogens (tertiary/aromatic N) is 3. The van der Waals surface area contributed by atoms with Crippen LogP contribution >= 0.6 is 0 Å². The number of aliphatic hydroxyl groups is 1. The van der Waals surface area contributed by atoms with E-state index in [4.69, 9.17) is 0 Å². The standard InChI is InChI=1S/C25H32N4O5/c1-24(2)9-5-6-15(10-24)26-22(32)18-11-25(14-30)12-19(25)29(18)20(31)13-28-17-8-4-3-7-16(17)21(27-28)23(33)34/h3-4,7-8,15,18-19,30H,5-6,9-14H2,1-2H3,(H,26,32)(H,33,34)/t15?,18-,19+,25-/m0/s1. The fourth-order valence-electron chi connectivity index (χ4n) is 6.18. The topological polar surface area (TPSA) is 125 Å². The molecule has 0 bridgehead atoms. The Morgan fingerprint density at radius 3 is 2.65 bits per heavy atom. The molecule has 1 saturated heterocycles. The molecule has 9 heteroatoms. The third-order valence-electron chi connectivity index (χ3n) is 8.02. The summed E-state index contributed by atoms with van der Waals surface area (Å²) in [5.41, 5.74) is 0.220. The van der Waals surface area contributed by atoms with E-state index in [1.54, 1.807) is 29.2 Å². The minimum Gasteiger partial charge on any atom is -0.476 e. The van der Waals surface area contributed by atoms with Crippen molar-refractivity contribution in [1.82, 2.24) is 20.0 Å². The number of amides is 2. The van der Waals surface area contributed by atoms with Gasteiger partial charge in [0.15, 0.2) is 5.69 Å². The van der Waals surface area contributed by atoms with Crippen molar-refractivity contribution in [3.8, 4) is 0 Å². The zero-order chi connectivity index (χ0) is 24.3. The fraction of sp³-hybridized carbons (Fsp3) is 0.600. The van der Waals surface area contributed by atoms with Gasteiger partial charge in [0.2, 0.25) is 11.8 Å². The summed E-state index contributed by atoms with van der Waals surface area (Å²) in [5.74, 6) is -1.60. The Bertz CT molecular complexity index is 1160. The SMILES string of the molecule is CC1(C)CCCC(NC(=O)[C@@H]2C[C@@]3(CO)C[C@H]3N2C(=O)Cn2nc(C(=O)O)c3ccccc32)C1. The molecule has 1 aliphatic heterocycles. The van der Waals surface area contributed by atoms with Gasteiger partial charge in [0.25, 0.3) is 0 Å². The number of fused-ring (bicyclic) bond motifs is 2. The van der Waals surface area contributed by atoms with Crippen LogP contribution in [0.5, 0.6) is 0 Å². The summed E-state index contributed by atoms with van der Waals surface area (Å²) in [6.45, 7) is 4.21. The van der Waals surface area contributed by atoms with Crippen molar-refractivity contribution < 1.29 is 24.6 Å². The van der Waals surface area contributed by atoms with E-state index in [-0.39, 0.29) is 48.2 Å². The maximum absolute atomic E-state index is 13.5. The summed E-state index contributed by atoms with van der Waals surface area (Å²) in [5, 5.41) is 27.3. The zero-order valence-electron chi connectivity index (χ0n) is 19.7. The lowest BCUT2D eigenvalue weighted by molar-refractivity contribution is -0.140. The molecule has 3 fully saturated rings. The van der Waals surface area contributed by atoms with Crippen molar-refractivity contribution in [2.45, 2.75) is 77.0 Å². The second kappa shape index (κ2) is 8.08. The minimum absolute atomic E-state index is 0.0600. The Hall–Kier alpha value is -2.94. The Kier molecular flexibility index (Phi) is 5.42. The molecule has 182 valence electrons. The highest BCUT2D eigenvalue weighted by atomic mass is 16.4. The monoisotopic (exact) mass is 468 g/mol. The van der Waals surface area contributed by atoms with E-state index >= 15 is 0 Å². The molecule has 0 radical (unpaired) electrons. The molecule has 5 rings (SSSR count). The number of para-hydroxylation sites is 1. The van der Waals surface area contributed by atoms with Crippen LogP contribution in [-0.4, -0.2) is 67.4 Å². The summed E-state index contributed by atoms with van der Waals surface area (Å²) in [6.07, 6.45) is 5.16. The van der Waals surface area contributed by atoms with Crippen molar-refractivity contribution >= 4 is 28.7 Å². The summed E-state index contributed by atoms with van der Waals surface area (Å²) < 4.78 is 1.40. The van der Waals surface area contributed by atoms with E-state index < -0.39 is 17.4 Å². The van der Waals surface area contributed by atoms with E-state index in [1.807, 2.05) is 0 Å². The first-order chi connectivity index (χ1) is 16.1. The van der Waals surface area contributed by atoms with Gasteiger partial charge in [-0.25, -0.2) is 4.79 Å². The van der Waals surface area contributed by atoms with Gasteiger partial charge in [0, 0.05) is 22.9 Å². The van der Waals surface area contributed by atoms with Gasteiger partial charge in [-0.1, -0.05) is 38.5 Å². The number of likely N-dealkylation sites (tertiary alicyclic amines) is 1. The number of rotatable bonds is 6. The molecule has 3 aliphatic rings. The van der Waals surface area contributed by atoms with Gasteiger partial charge < -0.3 is 20.4 Å². The number of hydrogen-bond acceptors (Lipinski definition) is 5. The van der Waals surface area contributed by atoms with Crippen LogP contribution < -0.4 is 5.32 Å². The van der Waals surface area contributed by atoms with Crippen molar-refractivity contribution in [2.75, 3.05) is 6.61 Å². The molecule has 1 aromatic carbocycles. The van der Waals surface area contributed by atoms with E-state index in [0.29, 0.717) is 23.7 Å². The number of nitrogens with one attached hydrogen (secondary N) is 1. The third kappa shape index (κ3) is 3.85. The molecule has 4 atom stereocenters. The number of aromatic nitrogens is 2. The van der Waals surface area contributed by atoms with Gasteiger partial charge in [-0.05, 0) is 43.6 Å². The van der Waals surface area contributed by atoms with Crippen molar-refractivity contribution in [3.63, 3.8) is 0 Å².